The zero-order chi connectivity index (χ0) is 24.4. The summed E-state index contributed by atoms with van der Waals surface area (Å²) in [5.74, 6) is -0.261. The summed E-state index contributed by atoms with van der Waals surface area (Å²) in [5.41, 5.74) is 3.66. The van der Waals surface area contributed by atoms with Crippen LogP contribution in [0.2, 0.25) is 0 Å². The first kappa shape index (κ1) is 22.0. The van der Waals surface area contributed by atoms with Crippen LogP contribution in [0, 0.1) is 0 Å². The third kappa shape index (κ3) is 4.51. The lowest BCUT2D eigenvalue weighted by Crippen LogP contribution is -2.38. The van der Waals surface area contributed by atoms with E-state index in [4.69, 9.17) is 9.47 Å². The van der Waals surface area contributed by atoms with Crippen molar-refractivity contribution in [3.63, 3.8) is 0 Å². The number of H-pyrrole nitrogens is 1. The average molecular weight is 470 g/mol. The number of fused-ring (bicyclic) bond motifs is 2. The molecule has 0 aliphatic carbocycles. The van der Waals surface area contributed by atoms with Crippen LogP contribution in [0.5, 0.6) is 5.75 Å². The van der Waals surface area contributed by atoms with Crippen LogP contribution < -0.4 is 20.3 Å². The van der Waals surface area contributed by atoms with E-state index in [1.807, 2.05) is 30.5 Å². The Labute approximate surface area is 200 Å². The molecule has 0 spiro atoms. The van der Waals surface area contributed by atoms with Crippen LogP contribution in [-0.2, 0) is 16.1 Å². The Morgan fingerprint density at radius 1 is 1.03 bits per heavy atom. The average Bonchev–Trinajstić information content (AvgIpc) is 3.33. The van der Waals surface area contributed by atoms with Crippen molar-refractivity contribution in [1.29, 1.82) is 0 Å². The van der Waals surface area contributed by atoms with E-state index in [0.29, 0.717) is 33.9 Å². The van der Waals surface area contributed by atoms with Crippen LogP contribution in [-0.4, -0.2) is 36.6 Å². The van der Waals surface area contributed by atoms with Crippen molar-refractivity contribution in [2.75, 3.05) is 29.3 Å². The molecule has 0 radical (unpaired) electrons. The third-order valence-corrected chi connectivity index (χ3v) is 5.72. The second-order valence-electron chi connectivity index (χ2n) is 7.96. The van der Waals surface area contributed by atoms with Crippen molar-refractivity contribution in [3.05, 3.63) is 84.1 Å². The first-order valence-corrected chi connectivity index (χ1v) is 10.9. The molecule has 3 N–H and O–H groups in total. The smallest absolute Gasteiger partial charge is 0.338 e. The summed E-state index contributed by atoms with van der Waals surface area (Å²) in [6.45, 7) is 0.0220. The topological polar surface area (TPSA) is 113 Å². The second-order valence-corrected chi connectivity index (χ2v) is 7.96. The maximum Gasteiger partial charge on any atom is 0.338 e. The number of hydrogen-bond acceptors (Lipinski definition) is 5. The fourth-order valence-corrected chi connectivity index (χ4v) is 4.01. The number of aromatic nitrogens is 1. The molecular formula is C26H22N4O5. The van der Waals surface area contributed by atoms with Crippen molar-refractivity contribution in [2.24, 2.45) is 0 Å². The SMILES string of the molecule is COC(=O)c1ccccc1CN1C(=O)COc2cc(NC(=O)Nc3ccc4cc[nH]c4c3)ccc21. The summed E-state index contributed by atoms with van der Waals surface area (Å²) in [6, 6.07) is 19.2. The summed E-state index contributed by atoms with van der Waals surface area (Å²) in [5, 5.41) is 6.64. The van der Waals surface area contributed by atoms with E-state index in [0.717, 1.165) is 10.9 Å². The van der Waals surface area contributed by atoms with Crippen molar-refractivity contribution >= 4 is 45.9 Å². The molecule has 35 heavy (non-hydrogen) atoms. The van der Waals surface area contributed by atoms with Gasteiger partial charge in [0.05, 0.1) is 24.9 Å². The summed E-state index contributed by atoms with van der Waals surface area (Å²) in [7, 11) is 1.32. The van der Waals surface area contributed by atoms with E-state index >= 15 is 0 Å². The Kier molecular flexibility index (Phi) is 5.80. The van der Waals surface area contributed by atoms with Crippen LogP contribution in [0.4, 0.5) is 21.9 Å². The van der Waals surface area contributed by atoms with E-state index in [2.05, 4.69) is 15.6 Å². The normalized spacial score (nSPS) is 12.6. The van der Waals surface area contributed by atoms with Gasteiger partial charge in [0.25, 0.3) is 5.91 Å². The standard InChI is InChI=1S/C26H22N4O5/c1-34-25(32)20-5-3-2-4-17(20)14-30-22-9-8-19(13-23(22)35-15-24(30)31)29-26(33)28-18-7-6-16-10-11-27-21(16)12-18/h2-13,27H,14-15H2,1H3,(H2,28,29,33). The Hall–Kier alpha value is -4.79. The number of benzene rings is 3. The van der Waals surface area contributed by atoms with E-state index < -0.39 is 12.0 Å². The number of rotatable bonds is 5. The van der Waals surface area contributed by atoms with Gasteiger partial charge in [0.1, 0.15) is 5.75 Å². The predicted octanol–water partition coefficient (Wildman–Crippen LogP) is 4.52. The molecule has 4 aromatic rings. The molecule has 1 aromatic heterocycles. The van der Waals surface area contributed by atoms with Gasteiger partial charge in [-0.05, 0) is 47.3 Å². The summed E-state index contributed by atoms with van der Waals surface area (Å²) in [6.07, 6.45) is 1.84. The van der Waals surface area contributed by atoms with Crippen molar-refractivity contribution in [1.82, 2.24) is 4.98 Å². The van der Waals surface area contributed by atoms with E-state index in [9.17, 15) is 14.4 Å². The van der Waals surface area contributed by atoms with Gasteiger partial charge in [0.2, 0.25) is 0 Å². The van der Waals surface area contributed by atoms with Gasteiger partial charge in [0.15, 0.2) is 6.61 Å². The van der Waals surface area contributed by atoms with Gasteiger partial charge >= 0.3 is 12.0 Å². The number of urea groups is 1. The van der Waals surface area contributed by atoms with Crippen molar-refractivity contribution < 1.29 is 23.9 Å². The first-order chi connectivity index (χ1) is 17.0. The molecule has 0 unspecified atom stereocenters. The fourth-order valence-electron chi connectivity index (χ4n) is 4.01. The van der Waals surface area contributed by atoms with Crippen LogP contribution in [0.3, 0.4) is 0 Å². The predicted molar refractivity (Wildman–Crippen MR) is 132 cm³/mol. The number of esters is 1. The number of amides is 3. The number of carbonyl (C=O) groups excluding carboxylic acids is 3. The van der Waals surface area contributed by atoms with Gasteiger partial charge in [-0.3, -0.25) is 4.79 Å². The van der Waals surface area contributed by atoms with Crippen LogP contribution >= 0.6 is 0 Å². The molecule has 3 amide bonds. The lowest BCUT2D eigenvalue weighted by Gasteiger charge is -2.30. The summed E-state index contributed by atoms with van der Waals surface area (Å²) >= 11 is 0. The molecule has 0 fully saturated rings. The number of methoxy groups -OCH3 is 1. The number of hydrogen-bond donors (Lipinski definition) is 3. The number of ether oxygens (including phenoxy) is 2. The first-order valence-electron chi connectivity index (χ1n) is 10.9. The Morgan fingerprint density at radius 2 is 1.80 bits per heavy atom. The highest BCUT2D eigenvalue weighted by Gasteiger charge is 2.27. The van der Waals surface area contributed by atoms with E-state index in [1.165, 1.54) is 7.11 Å². The van der Waals surface area contributed by atoms with Crippen LogP contribution in [0.1, 0.15) is 15.9 Å². The lowest BCUT2D eigenvalue weighted by atomic mass is 10.1. The summed E-state index contributed by atoms with van der Waals surface area (Å²) in [4.78, 5) is 42.0. The molecule has 0 saturated carbocycles. The monoisotopic (exact) mass is 470 g/mol. The number of nitrogens with zero attached hydrogens (tertiary/aromatic N) is 1. The van der Waals surface area contributed by atoms with Gasteiger partial charge < -0.3 is 30.0 Å². The Balaban J connectivity index is 1.33. The minimum absolute atomic E-state index is 0.154. The van der Waals surface area contributed by atoms with Gasteiger partial charge in [-0.2, -0.15) is 0 Å². The summed E-state index contributed by atoms with van der Waals surface area (Å²) < 4.78 is 10.5. The number of aromatic amines is 1. The number of nitrogens with one attached hydrogen (secondary N) is 3. The fraction of sp³-hybridized carbons (Fsp3) is 0.115. The van der Waals surface area contributed by atoms with Gasteiger partial charge in [0, 0.05) is 29.2 Å². The molecule has 9 nitrogen and oxygen atoms in total. The van der Waals surface area contributed by atoms with Gasteiger partial charge in [-0.15, -0.1) is 0 Å². The maximum atomic E-state index is 12.7. The number of carbonyl (C=O) groups is 3. The lowest BCUT2D eigenvalue weighted by molar-refractivity contribution is -0.121. The second kappa shape index (κ2) is 9.22. The molecule has 0 saturated heterocycles. The molecule has 9 heteroatoms. The Morgan fingerprint density at radius 3 is 2.63 bits per heavy atom. The molecule has 1 aliphatic rings. The molecule has 1 aliphatic heterocycles. The minimum atomic E-state index is -0.470. The minimum Gasteiger partial charge on any atom is -0.481 e. The Bertz CT molecular complexity index is 1440. The highest BCUT2D eigenvalue weighted by Crippen LogP contribution is 2.36. The molecule has 2 heterocycles. The molecule has 176 valence electrons. The van der Waals surface area contributed by atoms with Gasteiger partial charge in [-0.25, -0.2) is 9.59 Å². The highest BCUT2D eigenvalue weighted by molar-refractivity contribution is 6.02. The van der Waals surface area contributed by atoms with Crippen molar-refractivity contribution in [3.8, 4) is 5.75 Å². The largest absolute Gasteiger partial charge is 0.481 e. The molecule has 0 atom stereocenters. The molecule has 5 rings (SSSR count). The van der Waals surface area contributed by atoms with Crippen LogP contribution in [0.15, 0.2) is 72.9 Å². The highest BCUT2D eigenvalue weighted by atomic mass is 16.5. The van der Waals surface area contributed by atoms with Crippen molar-refractivity contribution in [2.45, 2.75) is 6.54 Å². The zero-order valence-electron chi connectivity index (χ0n) is 18.8. The molecule has 3 aromatic carbocycles. The number of anilines is 3. The molecular weight excluding hydrogens is 448 g/mol. The maximum absolute atomic E-state index is 12.7. The quantitative estimate of drug-likeness (QED) is 0.371. The van der Waals surface area contributed by atoms with Crippen LogP contribution in [0.25, 0.3) is 10.9 Å². The van der Waals surface area contributed by atoms with E-state index in [1.54, 1.807) is 47.4 Å². The van der Waals surface area contributed by atoms with E-state index in [-0.39, 0.29) is 19.1 Å². The van der Waals surface area contributed by atoms with Gasteiger partial charge in [-0.1, -0.05) is 24.3 Å². The zero-order valence-corrected chi connectivity index (χ0v) is 18.8. The third-order valence-electron chi connectivity index (χ3n) is 5.72. The molecule has 0 bridgehead atoms.